The maximum absolute atomic E-state index is 12.8. The molecule has 0 saturated carbocycles. The molecule has 0 N–H and O–H groups in total. The second-order valence-corrected chi connectivity index (χ2v) is 4.33. The van der Waals surface area contributed by atoms with Gasteiger partial charge in [0.1, 0.15) is 0 Å². The first-order chi connectivity index (χ1) is 9.36. The number of hydrogen-bond acceptors (Lipinski definition) is 2. The number of nitriles is 1. The van der Waals surface area contributed by atoms with E-state index in [1.165, 1.54) is 13.0 Å². The molecule has 106 valence electrons. The van der Waals surface area contributed by atoms with Crippen LogP contribution in [0.25, 0.3) is 0 Å². The van der Waals surface area contributed by atoms with Crippen LogP contribution >= 0.6 is 0 Å². The van der Waals surface area contributed by atoms with Gasteiger partial charge in [-0.1, -0.05) is 19.4 Å². The molecule has 20 heavy (non-hydrogen) atoms. The van der Waals surface area contributed by atoms with Gasteiger partial charge in [-0.2, -0.15) is 18.4 Å². The van der Waals surface area contributed by atoms with Gasteiger partial charge in [-0.15, -0.1) is 0 Å². The Balaban J connectivity index is 3.05. The molecule has 0 unspecified atom stereocenters. The number of halogens is 3. The fraction of sp³-hybridized carbons (Fsp3) is 0.333. The fourth-order valence-electron chi connectivity index (χ4n) is 1.70. The average molecular weight is 280 g/mol. The summed E-state index contributed by atoms with van der Waals surface area (Å²) in [5, 5.41) is 8.76. The number of benzene rings is 1. The second kappa shape index (κ2) is 6.90. The van der Waals surface area contributed by atoms with E-state index in [0.29, 0.717) is 17.7 Å². The van der Waals surface area contributed by atoms with E-state index in [9.17, 15) is 13.2 Å². The Labute approximate surface area is 116 Å². The van der Waals surface area contributed by atoms with Crippen molar-refractivity contribution >= 4 is 11.4 Å². The molecule has 0 amide bonds. The van der Waals surface area contributed by atoms with Crippen molar-refractivity contribution in [2.75, 3.05) is 0 Å². The molecule has 1 aromatic carbocycles. The smallest absolute Gasteiger partial charge is 0.254 e. The molecule has 0 spiro atoms. The standard InChI is InChI=1S/C15H15F3N2/c1-3-5-13(15(16,17)18)8-11(2)20-14-7-4-6-12(9-14)10-19/h4,6-9H,3,5H2,1-2H3/b13-8+,20-11?. The van der Waals surface area contributed by atoms with Crippen LogP contribution in [0.3, 0.4) is 0 Å². The zero-order chi connectivity index (χ0) is 15.2. The van der Waals surface area contributed by atoms with Crippen molar-refractivity contribution in [2.24, 2.45) is 4.99 Å². The molecule has 0 aliphatic rings. The Morgan fingerprint density at radius 2 is 2.10 bits per heavy atom. The normalized spacial score (nSPS) is 13.2. The molecule has 1 rings (SSSR count). The van der Waals surface area contributed by atoms with Crippen LogP contribution in [-0.4, -0.2) is 11.9 Å². The Kier molecular flexibility index (Phi) is 5.51. The van der Waals surface area contributed by atoms with E-state index in [1.807, 2.05) is 6.07 Å². The molecule has 0 aromatic heterocycles. The molecule has 2 nitrogen and oxygen atoms in total. The summed E-state index contributed by atoms with van der Waals surface area (Å²) in [6, 6.07) is 8.39. The largest absolute Gasteiger partial charge is 0.412 e. The molecular formula is C15H15F3N2. The van der Waals surface area contributed by atoms with Gasteiger partial charge in [-0.05, 0) is 37.6 Å². The van der Waals surface area contributed by atoms with Gasteiger partial charge in [-0.3, -0.25) is 4.99 Å². The Morgan fingerprint density at radius 3 is 2.65 bits per heavy atom. The summed E-state index contributed by atoms with van der Waals surface area (Å²) in [7, 11) is 0. The number of allylic oxidation sites excluding steroid dienone is 2. The molecule has 5 heteroatoms. The molecule has 0 aliphatic heterocycles. The van der Waals surface area contributed by atoms with Crippen molar-refractivity contribution in [3.8, 4) is 6.07 Å². The summed E-state index contributed by atoms with van der Waals surface area (Å²) in [5.41, 5.74) is 0.571. The van der Waals surface area contributed by atoms with Crippen LogP contribution < -0.4 is 0 Å². The van der Waals surface area contributed by atoms with Gasteiger partial charge in [-0.25, -0.2) is 0 Å². The van der Waals surface area contributed by atoms with E-state index >= 15 is 0 Å². The summed E-state index contributed by atoms with van der Waals surface area (Å²) in [6.45, 7) is 3.21. The molecule has 0 saturated heterocycles. The van der Waals surface area contributed by atoms with E-state index in [4.69, 9.17) is 5.26 Å². The van der Waals surface area contributed by atoms with Gasteiger partial charge >= 0.3 is 6.18 Å². The van der Waals surface area contributed by atoms with Crippen LogP contribution in [-0.2, 0) is 0 Å². The third-order valence-corrected chi connectivity index (χ3v) is 2.55. The second-order valence-electron chi connectivity index (χ2n) is 4.33. The van der Waals surface area contributed by atoms with Crippen LogP contribution in [0.2, 0.25) is 0 Å². The monoisotopic (exact) mass is 280 g/mol. The Bertz CT molecular complexity index is 563. The van der Waals surface area contributed by atoms with Gasteiger partial charge < -0.3 is 0 Å². The van der Waals surface area contributed by atoms with Crippen LogP contribution in [0.1, 0.15) is 32.3 Å². The van der Waals surface area contributed by atoms with E-state index in [2.05, 4.69) is 4.99 Å². The van der Waals surface area contributed by atoms with Crippen molar-refractivity contribution in [1.82, 2.24) is 0 Å². The minimum Gasteiger partial charge on any atom is -0.254 e. The average Bonchev–Trinajstić information content (AvgIpc) is 2.37. The SMILES string of the molecule is CCC/C(=C\C(C)=Nc1cccc(C#N)c1)C(F)(F)F. The minimum absolute atomic E-state index is 0.0331. The van der Waals surface area contributed by atoms with Crippen LogP contribution in [0.4, 0.5) is 18.9 Å². The first kappa shape index (κ1) is 16.0. The van der Waals surface area contributed by atoms with Gasteiger partial charge in [0.15, 0.2) is 0 Å². The highest BCUT2D eigenvalue weighted by molar-refractivity contribution is 5.95. The van der Waals surface area contributed by atoms with Crippen LogP contribution in [0.15, 0.2) is 40.9 Å². The highest BCUT2D eigenvalue weighted by Crippen LogP contribution is 2.29. The summed E-state index contributed by atoms with van der Waals surface area (Å²) < 4.78 is 38.3. The summed E-state index contributed by atoms with van der Waals surface area (Å²) in [5.74, 6) is 0. The number of nitrogens with zero attached hydrogens (tertiary/aromatic N) is 2. The van der Waals surface area contributed by atoms with Crippen molar-refractivity contribution in [2.45, 2.75) is 32.9 Å². The van der Waals surface area contributed by atoms with Gasteiger partial charge in [0, 0.05) is 11.3 Å². The summed E-state index contributed by atoms with van der Waals surface area (Å²) >= 11 is 0. The molecule has 1 aromatic rings. The lowest BCUT2D eigenvalue weighted by Crippen LogP contribution is -2.13. The fourth-order valence-corrected chi connectivity index (χ4v) is 1.70. The molecule has 0 fully saturated rings. The Morgan fingerprint density at radius 1 is 1.40 bits per heavy atom. The molecule has 0 bridgehead atoms. The topological polar surface area (TPSA) is 36.1 Å². The first-order valence-corrected chi connectivity index (χ1v) is 6.20. The number of alkyl halides is 3. The highest BCUT2D eigenvalue weighted by atomic mass is 19.4. The first-order valence-electron chi connectivity index (χ1n) is 6.20. The van der Waals surface area contributed by atoms with Crippen LogP contribution in [0.5, 0.6) is 0 Å². The van der Waals surface area contributed by atoms with Crippen molar-refractivity contribution in [3.63, 3.8) is 0 Å². The molecular weight excluding hydrogens is 265 g/mol. The van der Waals surface area contributed by atoms with Gasteiger partial charge in [0.25, 0.3) is 0 Å². The van der Waals surface area contributed by atoms with E-state index in [1.54, 1.807) is 25.1 Å². The quantitative estimate of drug-likeness (QED) is 0.719. The molecule has 0 radical (unpaired) electrons. The lowest BCUT2D eigenvalue weighted by Gasteiger charge is -2.10. The zero-order valence-electron chi connectivity index (χ0n) is 11.3. The van der Waals surface area contributed by atoms with E-state index in [-0.39, 0.29) is 12.1 Å². The summed E-state index contributed by atoms with van der Waals surface area (Å²) in [4.78, 5) is 4.09. The van der Waals surface area contributed by atoms with E-state index in [0.717, 1.165) is 6.08 Å². The lowest BCUT2D eigenvalue weighted by molar-refractivity contribution is -0.0939. The van der Waals surface area contributed by atoms with Crippen LogP contribution in [0, 0.1) is 11.3 Å². The lowest BCUT2D eigenvalue weighted by atomic mass is 10.1. The van der Waals surface area contributed by atoms with E-state index < -0.39 is 11.7 Å². The van der Waals surface area contributed by atoms with Crippen molar-refractivity contribution in [3.05, 3.63) is 41.5 Å². The predicted molar refractivity (Wildman–Crippen MR) is 73.0 cm³/mol. The molecule has 0 aliphatic carbocycles. The van der Waals surface area contributed by atoms with Crippen molar-refractivity contribution in [1.29, 1.82) is 5.26 Å². The molecule has 0 atom stereocenters. The maximum atomic E-state index is 12.8. The number of rotatable bonds is 4. The number of aliphatic imine (C=N–C) groups is 1. The molecule has 0 heterocycles. The third-order valence-electron chi connectivity index (χ3n) is 2.55. The summed E-state index contributed by atoms with van der Waals surface area (Å²) in [6.07, 6.45) is -2.89. The van der Waals surface area contributed by atoms with Crippen molar-refractivity contribution < 1.29 is 13.2 Å². The predicted octanol–water partition coefficient (Wildman–Crippen LogP) is 4.94. The maximum Gasteiger partial charge on any atom is 0.412 e. The minimum atomic E-state index is -4.33. The van der Waals surface area contributed by atoms with Gasteiger partial charge in [0.05, 0.1) is 17.3 Å². The highest BCUT2D eigenvalue weighted by Gasteiger charge is 2.32. The van der Waals surface area contributed by atoms with Gasteiger partial charge in [0.2, 0.25) is 0 Å². The number of hydrogen-bond donors (Lipinski definition) is 0. The zero-order valence-corrected chi connectivity index (χ0v) is 11.3. The third kappa shape index (κ3) is 4.88. The Hall–Kier alpha value is -2.09.